The minimum absolute atomic E-state index is 0.0592. The lowest BCUT2D eigenvalue weighted by Gasteiger charge is -2.29. The van der Waals surface area contributed by atoms with E-state index in [4.69, 9.17) is 5.11 Å². The van der Waals surface area contributed by atoms with Crippen molar-refractivity contribution in [3.05, 3.63) is 22.4 Å². The number of carbonyl (C=O) groups is 2. The van der Waals surface area contributed by atoms with Gasteiger partial charge >= 0.3 is 5.97 Å². The second-order valence-electron chi connectivity index (χ2n) is 4.35. The van der Waals surface area contributed by atoms with E-state index >= 15 is 0 Å². The molecule has 1 aromatic rings. The van der Waals surface area contributed by atoms with Crippen molar-refractivity contribution in [2.45, 2.75) is 39.2 Å². The summed E-state index contributed by atoms with van der Waals surface area (Å²) in [7, 11) is 0. The first-order valence-electron chi connectivity index (χ1n) is 6.03. The van der Waals surface area contributed by atoms with E-state index in [1.54, 1.807) is 0 Å². The van der Waals surface area contributed by atoms with Gasteiger partial charge in [0, 0.05) is 10.9 Å². The quantitative estimate of drug-likeness (QED) is 0.863. The standard InChI is InChI=1S/C13H19NO3S/c1-4-9(2)14(8-12(15)16)13(17)10(3)11-6-5-7-18-11/h5-7,9-10H,4,8H2,1-3H3,(H,15,16). The smallest absolute Gasteiger partial charge is 0.323 e. The Hall–Kier alpha value is -1.36. The summed E-state index contributed by atoms with van der Waals surface area (Å²) in [6, 6.07) is 3.74. The summed E-state index contributed by atoms with van der Waals surface area (Å²) < 4.78 is 0. The Kier molecular flexibility index (Phi) is 5.34. The number of hydrogen-bond donors (Lipinski definition) is 1. The molecule has 5 heteroatoms. The molecule has 0 aromatic carbocycles. The van der Waals surface area contributed by atoms with Crippen molar-refractivity contribution in [3.63, 3.8) is 0 Å². The highest BCUT2D eigenvalue weighted by Gasteiger charge is 2.27. The fourth-order valence-electron chi connectivity index (χ4n) is 1.73. The molecule has 0 aliphatic carbocycles. The summed E-state index contributed by atoms with van der Waals surface area (Å²) in [6.07, 6.45) is 0.746. The Labute approximate surface area is 111 Å². The lowest BCUT2D eigenvalue weighted by Crippen LogP contribution is -2.43. The molecule has 0 saturated carbocycles. The molecule has 100 valence electrons. The average Bonchev–Trinajstić information content (AvgIpc) is 2.86. The minimum Gasteiger partial charge on any atom is -0.480 e. The van der Waals surface area contributed by atoms with Gasteiger partial charge in [0.05, 0.1) is 5.92 Å². The summed E-state index contributed by atoms with van der Waals surface area (Å²) in [5.74, 6) is -1.37. The zero-order valence-corrected chi connectivity index (χ0v) is 11.7. The third kappa shape index (κ3) is 3.57. The van der Waals surface area contributed by atoms with E-state index in [9.17, 15) is 9.59 Å². The van der Waals surface area contributed by atoms with Crippen LogP contribution in [0.3, 0.4) is 0 Å². The van der Waals surface area contributed by atoms with E-state index in [1.807, 2.05) is 38.3 Å². The summed E-state index contributed by atoms with van der Waals surface area (Å²) >= 11 is 1.52. The Morgan fingerprint density at radius 3 is 2.56 bits per heavy atom. The van der Waals surface area contributed by atoms with Crippen LogP contribution >= 0.6 is 11.3 Å². The molecule has 0 bridgehead atoms. The van der Waals surface area contributed by atoms with E-state index in [-0.39, 0.29) is 24.4 Å². The van der Waals surface area contributed by atoms with Gasteiger partial charge in [0.2, 0.25) is 5.91 Å². The molecule has 0 spiro atoms. The fourth-order valence-corrected chi connectivity index (χ4v) is 2.50. The maximum atomic E-state index is 12.3. The normalized spacial score (nSPS) is 13.9. The van der Waals surface area contributed by atoms with Gasteiger partial charge in [0.25, 0.3) is 0 Å². The highest BCUT2D eigenvalue weighted by Crippen LogP contribution is 2.24. The van der Waals surface area contributed by atoms with Crippen LogP contribution in [0.1, 0.15) is 38.0 Å². The van der Waals surface area contributed by atoms with Crippen molar-refractivity contribution in [1.29, 1.82) is 0 Å². The van der Waals surface area contributed by atoms with Crippen LogP contribution in [0.4, 0.5) is 0 Å². The van der Waals surface area contributed by atoms with Gasteiger partial charge in [-0.1, -0.05) is 13.0 Å². The second kappa shape index (κ2) is 6.54. The fraction of sp³-hybridized carbons (Fsp3) is 0.538. The second-order valence-corrected chi connectivity index (χ2v) is 5.33. The molecule has 1 heterocycles. The minimum atomic E-state index is -0.970. The van der Waals surface area contributed by atoms with E-state index in [0.717, 1.165) is 11.3 Å². The molecule has 18 heavy (non-hydrogen) atoms. The van der Waals surface area contributed by atoms with Gasteiger partial charge in [0.1, 0.15) is 6.54 Å². The largest absolute Gasteiger partial charge is 0.480 e. The predicted molar refractivity (Wildman–Crippen MR) is 71.8 cm³/mol. The SMILES string of the molecule is CCC(C)N(CC(=O)O)C(=O)C(C)c1cccs1. The highest BCUT2D eigenvalue weighted by molar-refractivity contribution is 7.10. The average molecular weight is 269 g/mol. The number of rotatable bonds is 6. The van der Waals surface area contributed by atoms with Gasteiger partial charge in [-0.15, -0.1) is 11.3 Å². The lowest BCUT2D eigenvalue weighted by atomic mass is 10.1. The first kappa shape index (κ1) is 14.7. The van der Waals surface area contributed by atoms with Crippen LogP contribution in [0.2, 0.25) is 0 Å². The molecule has 0 saturated heterocycles. The van der Waals surface area contributed by atoms with Crippen LogP contribution < -0.4 is 0 Å². The zero-order valence-electron chi connectivity index (χ0n) is 10.9. The van der Waals surface area contributed by atoms with E-state index in [2.05, 4.69) is 0 Å². The molecule has 2 atom stereocenters. The summed E-state index contributed by atoms with van der Waals surface area (Å²) in [4.78, 5) is 25.6. The van der Waals surface area contributed by atoms with Crippen LogP contribution in [-0.2, 0) is 9.59 Å². The van der Waals surface area contributed by atoms with Gasteiger partial charge in [-0.2, -0.15) is 0 Å². The number of hydrogen-bond acceptors (Lipinski definition) is 3. The Morgan fingerprint density at radius 2 is 2.11 bits per heavy atom. The van der Waals surface area contributed by atoms with E-state index < -0.39 is 5.97 Å². The predicted octanol–water partition coefficient (Wildman–Crippen LogP) is 2.56. The molecule has 1 aromatic heterocycles. The molecule has 0 aliphatic rings. The molecule has 0 fully saturated rings. The van der Waals surface area contributed by atoms with Crippen molar-refractivity contribution < 1.29 is 14.7 Å². The van der Waals surface area contributed by atoms with E-state index in [1.165, 1.54) is 16.2 Å². The van der Waals surface area contributed by atoms with Crippen molar-refractivity contribution in [3.8, 4) is 0 Å². The molecule has 1 rings (SSSR count). The van der Waals surface area contributed by atoms with Crippen LogP contribution in [0.15, 0.2) is 17.5 Å². The van der Waals surface area contributed by atoms with Crippen LogP contribution in [0.25, 0.3) is 0 Å². The molecule has 0 aliphatic heterocycles. The number of carboxylic acid groups (broad SMARTS) is 1. The molecule has 2 unspecified atom stereocenters. The lowest BCUT2D eigenvalue weighted by molar-refractivity contribution is -0.146. The molecular weight excluding hydrogens is 250 g/mol. The number of carbonyl (C=O) groups excluding carboxylic acids is 1. The summed E-state index contributed by atoms with van der Waals surface area (Å²) in [5, 5.41) is 10.8. The third-order valence-electron chi connectivity index (χ3n) is 3.05. The van der Waals surface area contributed by atoms with Crippen LogP contribution in [-0.4, -0.2) is 34.5 Å². The molecule has 1 amide bonds. The molecule has 4 nitrogen and oxygen atoms in total. The Morgan fingerprint density at radius 1 is 1.44 bits per heavy atom. The van der Waals surface area contributed by atoms with Gasteiger partial charge < -0.3 is 10.0 Å². The van der Waals surface area contributed by atoms with Gasteiger partial charge in [-0.05, 0) is 31.7 Å². The molecular formula is C13H19NO3S. The van der Waals surface area contributed by atoms with Gasteiger partial charge in [-0.3, -0.25) is 9.59 Å². The Bertz CT molecular complexity index is 402. The highest BCUT2D eigenvalue weighted by atomic mass is 32.1. The first-order valence-corrected chi connectivity index (χ1v) is 6.91. The topological polar surface area (TPSA) is 57.6 Å². The maximum absolute atomic E-state index is 12.3. The van der Waals surface area contributed by atoms with Crippen molar-refractivity contribution in [2.24, 2.45) is 0 Å². The van der Waals surface area contributed by atoms with Gasteiger partial charge in [-0.25, -0.2) is 0 Å². The number of carboxylic acids is 1. The van der Waals surface area contributed by atoms with Crippen LogP contribution in [0, 0.1) is 0 Å². The van der Waals surface area contributed by atoms with Crippen molar-refractivity contribution in [1.82, 2.24) is 4.90 Å². The number of nitrogens with zero attached hydrogens (tertiary/aromatic N) is 1. The van der Waals surface area contributed by atoms with E-state index in [0.29, 0.717) is 0 Å². The number of aliphatic carboxylic acids is 1. The number of thiophene rings is 1. The first-order chi connectivity index (χ1) is 8.47. The summed E-state index contributed by atoms with van der Waals surface area (Å²) in [6.45, 7) is 5.42. The molecule has 1 N–H and O–H groups in total. The van der Waals surface area contributed by atoms with Gasteiger partial charge in [0.15, 0.2) is 0 Å². The monoisotopic (exact) mass is 269 g/mol. The summed E-state index contributed by atoms with van der Waals surface area (Å²) in [5.41, 5.74) is 0. The third-order valence-corrected chi connectivity index (χ3v) is 4.11. The van der Waals surface area contributed by atoms with Crippen molar-refractivity contribution >= 4 is 23.2 Å². The van der Waals surface area contributed by atoms with Crippen LogP contribution in [0.5, 0.6) is 0 Å². The van der Waals surface area contributed by atoms with Crippen molar-refractivity contribution in [2.75, 3.05) is 6.54 Å². The zero-order chi connectivity index (χ0) is 13.7. The molecule has 0 radical (unpaired) electrons. The maximum Gasteiger partial charge on any atom is 0.323 e. The number of amides is 1. The Balaban J connectivity index is 2.84.